The number of carbonyl (C=O) groups excluding carboxylic acids is 2. The van der Waals surface area contributed by atoms with Crippen LogP contribution in [0.5, 0.6) is 0 Å². The van der Waals surface area contributed by atoms with Crippen molar-refractivity contribution in [2.24, 2.45) is 5.92 Å². The standard InChI is InChI=1S/C14H22N4O3/c1-10(2)18-12(4-6-15-18)16-13(19)9-17-7-5-11(8-17)14(20)21-3/h4,6,10-11H,5,7-9H2,1-3H3,(H,16,19). The highest BCUT2D eigenvalue weighted by Crippen LogP contribution is 2.18. The molecule has 1 N–H and O–H groups in total. The van der Waals surface area contributed by atoms with Crippen LogP contribution in [0, 0.1) is 5.92 Å². The first-order valence-electron chi connectivity index (χ1n) is 7.14. The molecule has 1 aliphatic heterocycles. The zero-order chi connectivity index (χ0) is 15.4. The Labute approximate surface area is 124 Å². The van der Waals surface area contributed by atoms with Gasteiger partial charge in [0.2, 0.25) is 5.91 Å². The summed E-state index contributed by atoms with van der Waals surface area (Å²) in [6, 6.07) is 1.96. The lowest BCUT2D eigenvalue weighted by Gasteiger charge is -2.16. The second kappa shape index (κ2) is 6.71. The van der Waals surface area contributed by atoms with Crippen LogP contribution in [0.2, 0.25) is 0 Å². The second-order valence-corrected chi connectivity index (χ2v) is 5.55. The molecule has 1 unspecified atom stereocenters. The van der Waals surface area contributed by atoms with Gasteiger partial charge in [0.25, 0.3) is 0 Å². The van der Waals surface area contributed by atoms with Crippen LogP contribution in [0.3, 0.4) is 0 Å². The predicted octanol–water partition coefficient (Wildman–Crippen LogP) is 0.897. The molecular formula is C14H22N4O3. The summed E-state index contributed by atoms with van der Waals surface area (Å²) in [6.07, 6.45) is 2.41. The summed E-state index contributed by atoms with van der Waals surface area (Å²) in [6.45, 7) is 5.59. The number of hydrogen-bond acceptors (Lipinski definition) is 5. The van der Waals surface area contributed by atoms with E-state index in [0.717, 1.165) is 13.0 Å². The van der Waals surface area contributed by atoms with Crippen LogP contribution in [0.15, 0.2) is 12.3 Å². The molecule has 1 saturated heterocycles. The van der Waals surface area contributed by atoms with Crippen LogP contribution in [0.1, 0.15) is 26.3 Å². The Hall–Kier alpha value is -1.89. The van der Waals surface area contributed by atoms with Crippen molar-refractivity contribution in [1.82, 2.24) is 14.7 Å². The minimum atomic E-state index is -0.198. The number of methoxy groups -OCH3 is 1. The van der Waals surface area contributed by atoms with E-state index in [2.05, 4.69) is 10.4 Å². The summed E-state index contributed by atoms with van der Waals surface area (Å²) in [5.41, 5.74) is 0. The lowest BCUT2D eigenvalue weighted by atomic mass is 10.1. The fourth-order valence-electron chi connectivity index (χ4n) is 2.55. The number of amides is 1. The second-order valence-electron chi connectivity index (χ2n) is 5.55. The molecule has 116 valence electrons. The van der Waals surface area contributed by atoms with E-state index in [-0.39, 0.29) is 30.4 Å². The molecule has 2 rings (SSSR count). The number of rotatable bonds is 5. The normalized spacial score (nSPS) is 19.0. The van der Waals surface area contributed by atoms with Crippen molar-refractivity contribution in [2.75, 3.05) is 32.1 Å². The minimum Gasteiger partial charge on any atom is -0.469 e. The largest absolute Gasteiger partial charge is 0.469 e. The number of ether oxygens (including phenoxy) is 1. The quantitative estimate of drug-likeness (QED) is 0.816. The summed E-state index contributed by atoms with van der Waals surface area (Å²) >= 11 is 0. The molecule has 1 fully saturated rings. The van der Waals surface area contributed by atoms with Gasteiger partial charge in [0.15, 0.2) is 0 Å². The summed E-state index contributed by atoms with van der Waals surface area (Å²) in [7, 11) is 1.39. The smallest absolute Gasteiger partial charge is 0.310 e. The lowest BCUT2D eigenvalue weighted by molar-refractivity contribution is -0.145. The highest BCUT2D eigenvalue weighted by Gasteiger charge is 2.29. The molecule has 7 heteroatoms. The molecule has 0 aromatic carbocycles. The number of esters is 1. The molecule has 0 saturated carbocycles. The maximum absolute atomic E-state index is 12.1. The van der Waals surface area contributed by atoms with E-state index >= 15 is 0 Å². The van der Waals surface area contributed by atoms with Crippen LogP contribution < -0.4 is 5.32 Å². The van der Waals surface area contributed by atoms with Crippen LogP contribution in [-0.4, -0.2) is 53.3 Å². The van der Waals surface area contributed by atoms with E-state index in [4.69, 9.17) is 4.74 Å². The van der Waals surface area contributed by atoms with Crippen molar-refractivity contribution in [2.45, 2.75) is 26.3 Å². The Morgan fingerprint density at radius 2 is 2.29 bits per heavy atom. The molecule has 1 amide bonds. The zero-order valence-electron chi connectivity index (χ0n) is 12.7. The Kier molecular flexibility index (Phi) is 4.95. The molecule has 1 aromatic heterocycles. The zero-order valence-corrected chi connectivity index (χ0v) is 12.7. The number of aromatic nitrogens is 2. The third-order valence-corrected chi connectivity index (χ3v) is 3.60. The average molecular weight is 294 g/mol. The maximum atomic E-state index is 12.1. The fraction of sp³-hybridized carbons (Fsp3) is 0.643. The Morgan fingerprint density at radius 3 is 2.95 bits per heavy atom. The SMILES string of the molecule is COC(=O)C1CCN(CC(=O)Nc2ccnn2C(C)C)C1. The van der Waals surface area contributed by atoms with Gasteiger partial charge in [-0.2, -0.15) is 5.10 Å². The Bertz CT molecular complexity index is 512. The monoisotopic (exact) mass is 294 g/mol. The summed E-state index contributed by atoms with van der Waals surface area (Å²) in [5, 5.41) is 7.03. The van der Waals surface area contributed by atoms with Crippen LogP contribution in [0.4, 0.5) is 5.82 Å². The molecule has 0 radical (unpaired) electrons. The Morgan fingerprint density at radius 1 is 1.52 bits per heavy atom. The number of likely N-dealkylation sites (tertiary alicyclic amines) is 1. The number of anilines is 1. The van der Waals surface area contributed by atoms with Crippen molar-refractivity contribution in [3.63, 3.8) is 0 Å². The molecule has 21 heavy (non-hydrogen) atoms. The van der Waals surface area contributed by atoms with Crippen LogP contribution in [0.25, 0.3) is 0 Å². The molecule has 7 nitrogen and oxygen atoms in total. The minimum absolute atomic E-state index is 0.0945. The molecule has 1 atom stereocenters. The summed E-state index contributed by atoms with van der Waals surface area (Å²) in [4.78, 5) is 25.5. The van der Waals surface area contributed by atoms with E-state index in [0.29, 0.717) is 12.4 Å². The maximum Gasteiger partial charge on any atom is 0.310 e. The topological polar surface area (TPSA) is 76.5 Å². The van der Waals surface area contributed by atoms with Gasteiger partial charge in [0.05, 0.1) is 25.8 Å². The van der Waals surface area contributed by atoms with Gasteiger partial charge in [-0.1, -0.05) is 0 Å². The first-order valence-corrected chi connectivity index (χ1v) is 7.14. The molecule has 0 aliphatic carbocycles. The van der Waals surface area contributed by atoms with Gasteiger partial charge in [0.1, 0.15) is 5.82 Å². The van der Waals surface area contributed by atoms with Crippen molar-refractivity contribution in [1.29, 1.82) is 0 Å². The summed E-state index contributed by atoms with van der Waals surface area (Å²) in [5.74, 6) is 0.279. The van der Waals surface area contributed by atoms with Crippen molar-refractivity contribution in [3.8, 4) is 0 Å². The highest BCUT2D eigenvalue weighted by atomic mass is 16.5. The van der Waals surface area contributed by atoms with E-state index in [1.807, 2.05) is 18.7 Å². The van der Waals surface area contributed by atoms with E-state index in [9.17, 15) is 9.59 Å². The van der Waals surface area contributed by atoms with Crippen molar-refractivity contribution >= 4 is 17.7 Å². The Balaban J connectivity index is 1.85. The van der Waals surface area contributed by atoms with Crippen LogP contribution >= 0.6 is 0 Å². The number of nitrogens with one attached hydrogen (secondary N) is 1. The molecule has 1 aromatic rings. The molecule has 0 spiro atoms. The number of nitrogens with zero attached hydrogens (tertiary/aromatic N) is 3. The van der Waals surface area contributed by atoms with Gasteiger partial charge >= 0.3 is 5.97 Å². The number of carbonyl (C=O) groups is 2. The van der Waals surface area contributed by atoms with E-state index in [1.165, 1.54) is 7.11 Å². The third-order valence-electron chi connectivity index (χ3n) is 3.60. The van der Waals surface area contributed by atoms with Gasteiger partial charge < -0.3 is 10.1 Å². The average Bonchev–Trinajstić information content (AvgIpc) is 3.07. The van der Waals surface area contributed by atoms with E-state index in [1.54, 1.807) is 16.9 Å². The molecule has 2 heterocycles. The molecule has 1 aliphatic rings. The summed E-state index contributed by atoms with van der Waals surface area (Å²) < 4.78 is 6.50. The van der Waals surface area contributed by atoms with Gasteiger partial charge in [-0.3, -0.25) is 14.5 Å². The van der Waals surface area contributed by atoms with Crippen molar-refractivity contribution < 1.29 is 14.3 Å². The number of hydrogen-bond donors (Lipinski definition) is 1. The fourth-order valence-corrected chi connectivity index (χ4v) is 2.55. The lowest BCUT2D eigenvalue weighted by Crippen LogP contribution is -2.33. The van der Waals surface area contributed by atoms with Crippen LogP contribution in [-0.2, 0) is 14.3 Å². The highest BCUT2D eigenvalue weighted by molar-refractivity contribution is 5.91. The predicted molar refractivity (Wildman–Crippen MR) is 77.8 cm³/mol. The van der Waals surface area contributed by atoms with Gasteiger partial charge in [-0.15, -0.1) is 0 Å². The molecular weight excluding hydrogens is 272 g/mol. The first kappa shape index (κ1) is 15.5. The first-order chi connectivity index (χ1) is 10.0. The van der Waals surface area contributed by atoms with Crippen molar-refractivity contribution in [3.05, 3.63) is 12.3 Å². The molecule has 0 bridgehead atoms. The third kappa shape index (κ3) is 3.81. The van der Waals surface area contributed by atoms with Gasteiger partial charge in [-0.05, 0) is 26.8 Å². The van der Waals surface area contributed by atoms with Gasteiger partial charge in [-0.25, -0.2) is 4.68 Å². The van der Waals surface area contributed by atoms with Gasteiger partial charge in [0, 0.05) is 18.7 Å². The van der Waals surface area contributed by atoms with E-state index < -0.39 is 0 Å².